The first-order valence-electron chi connectivity index (χ1n) is 8.52. The maximum Gasteiger partial charge on any atom is 0.255 e. The second-order valence-electron chi connectivity index (χ2n) is 6.22. The summed E-state index contributed by atoms with van der Waals surface area (Å²) in [5.41, 5.74) is 1.59. The maximum atomic E-state index is 12.4. The molecule has 5 nitrogen and oxygen atoms in total. The van der Waals surface area contributed by atoms with E-state index in [0.717, 1.165) is 25.7 Å². The SMILES string of the molecule is COc1cccc(NC(=O)c2cccc(C(=O)NC3CCCC3)c2)c1. The summed E-state index contributed by atoms with van der Waals surface area (Å²) >= 11 is 0. The first kappa shape index (κ1) is 17.0. The second kappa shape index (κ2) is 7.83. The first-order valence-corrected chi connectivity index (χ1v) is 8.52. The maximum absolute atomic E-state index is 12.4. The highest BCUT2D eigenvalue weighted by molar-refractivity contribution is 6.06. The Hall–Kier alpha value is -2.82. The normalized spacial score (nSPS) is 14.1. The molecular weight excluding hydrogens is 316 g/mol. The number of hydrogen-bond donors (Lipinski definition) is 2. The second-order valence-corrected chi connectivity index (χ2v) is 6.22. The highest BCUT2D eigenvalue weighted by atomic mass is 16.5. The molecule has 0 radical (unpaired) electrons. The van der Waals surface area contributed by atoms with Crippen molar-refractivity contribution in [2.45, 2.75) is 31.7 Å². The Kier molecular flexibility index (Phi) is 5.33. The van der Waals surface area contributed by atoms with Crippen LogP contribution in [-0.4, -0.2) is 25.0 Å². The zero-order valence-electron chi connectivity index (χ0n) is 14.2. The fraction of sp³-hybridized carbons (Fsp3) is 0.300. The third-order valence-corrected chi connectivity index (χ3v) is 4.40. The Morgan fingerprint density at radius 1 is 0.960 bits per heavy atom. The largest absolute Gasteiger partial charge is 0.497 e. The van der Waals surface area contributed by atoms with Gasteiger partial charge in [-0.25, -0.2) is 0 Å². The number of nitrogens with one attached hydrogen (secondary N) is 2. The van der Waals surface area contributed by atoms with Gasteiger partial charge in [-0.1, -0.05) is 25.0 Å². The molecule has 1 aliphatic carbocycles. The number of methoxy groups -OCH3 is 1. The molecule has 0 aromatic heterocycles. The molecule has 130 valence electrons. The van der Waals surface area contributed by atoms with Crippen molar-refractivity contribution < 1.29 is 14.3 Å². The molecule has 0 saturated heterocycles. The summed E-state index contributed by atoms with van der Waals surface area (Å²) in [6, 6.07) is 14.2. The molecule has 2 aromatic rings. The standard InChI is InChI=1S/C20H22N2O3/c1-25-18-11-5-10-17(13-18)22-20(24)15-7-4-6-14(12-15)19(23)21-16-8-2-3-9-16/h4-7,10-13,16H,2-3,8-9H2,1H3,(H,21,23)(H,22,24). The lowest BCUT2D eigenvalue weighted by Gasteiger charge is -2.12. The van der Waals surface area contributed by atoms with E-state index >= 15 is 0 Å². The summed E-state index contributed by atoms with van der Waals surface area (Å²) in [5, 5.41) is 5.86. The average Bonchev–Trinajstić information content (AvgIpc) is 3.15. The zero-order valence-corrected chi connectivity index (χ0v) is 14.2. The van der Waals surface area contributed by atoms with Crippen molar-refractivity contribution in [1.82, 2.24) is 5.32 Å². The monoisotopic (exact) mass is 338 g/mol. The Morgan fingerprint density at radius 3 is 2.36 bits per heavy atom. The minimum Gasteiger partial charge on any atom is -0.497 e. The van der Waals surface area contributed by atoms with Gasteiger partial charge in [0.05, 0.1) is 7.11 Å². The van der Waals surface area contributed by atoms with Crippen LogP contribution in [0.15, 0.2) is 48.5 Å². The van der Waals surface area contributed by atoms with Crippen LogP contribution in [0.1, 0.15) is 46.4 Å². The van der Waals surface area contributed by atoms with Crippen LogP contribution in [-0.2, 0) is 0 Å². The Morgan fingerprint density at radius 2 is 1.64 bits per heavy atom. The average molecular weight is 338 g/mol. The van der Waals surface area contributed by atoms with E-state index in [9.17, 15) is 9.59 Å². The summed E-state index contributed by atoms with van der Waals surface area (Å²) in [5.74, 6) is 0.286. The van der Waals surface area contributed by atoms with E-state index in [-0.39, 0.29) is 17.9 Å². The molecule has 25 heavy (non-hydrogen) atoms. The van der Waals surface area contributed by atoms with Crippen LogP contribution >= 0.6 is 0 Å². The third-order valence-electron chi connectivity index (χ3n) is 4.40. The number of benzene rings is 2. The highest BCUT2D eigenvalue weighted by Gasteiger charge is 2.18. The molecule has 0 heterocycles. The van der Waals surface area contributed by atoms with Gasteiger partial charge >= 0.3 is 0 Å². The van der Waals surface area contributed by atoms with Gasteiger partial charge in [0.2, 0.25) is 0 Å². The number of anilines is 1. The van der Waals surface area contributed by atoms with E-state index in [1.807, 2.05) is 6.07 Å². The van der Waals surface area contributed by atoms with Crippen LogP contribution in [0, 0.1) is 0 Å². The number of rotatable bonds is 5. The van der Waals surface area contributed by atoms with Crippen LogP contribution in [0.3, 0.4) is 0 Å². The lowest BCUT2D eigenvalue weighted by atomic mass is 10.1. The Balaban J connectivity index is 1.69. The molecule has 1 fully saturated rings. The molecule has 0 unspecified atom stereocenters. The van der Waals surface area contributed by atoms with Gasteiger partial charge in [-0.15, -0.1) is 0 Å². The topological polar surface area (TPSA) is 67.4 Å². The molecule has 1 aliphatic rings. The van der Waals surface area contributed by atoms with Crippen molar-refractivity contribution in [3.8, 4) is 5.75 Å². The predicted molar refractivity (Wildman–Crippen MR) is 97.1 cm³/mol. The fourth-order valence-corrected chi connectivity index (χ4v) is 3.04. The molecule has 0 atom stereocenters. The number of hydrogen-bond acceptors (Lipinski definition) is 3. The Labute approximate surface area is 147 Å². The lowest BCUT2D eigenvalue weighted by molar-refractivity contribution is 0.0938. The molecule has 1 saturated carbocycles. The van der Waals surface area contributed by atoms with Crippen LogP contribution in [0.25, 0.3) is 0 Å². The number of amides is 2. The van der Waals surface area contributed by atoms with E-state index in [4.69, 9.17) is 4.74 Å². The fourth-order valence-electron chi connectivity index (χ4n) is 3.04. The van der Waals surface area contributed by atoms with Gasteiger partial charge < -0.3 is 15.4 Å². The minimum absolute atomic E-state index is 0.122. The van der Waals surface area contributed by atoms with Gasteiger partial charge in [0.25, 0.3) is 11.8 Å². The molecular formula is C20H22N2O3. The number of ether oxygens (including phenoxy) is 1. The highest BCUT2D eigenvalue weighted by Crippen LogP contribution is 2.19. The van der Waals surface area contributed by atoms with Gasteiger partial charge in [0.15, 0.2) is 0 Å². The van der Waals surface area contributed by atoms with E-state index in [1.54, 1.807) is 49.6 Å². The van der Waals surface area contributed by atoms with Gasteiger partial charge in [-0.2, -0.15) is 0 Å². The van der Waals surface area contributed by atoms with Crippen molar-refractivity contribution in [3.63, 3.8) is 0 Å². The van der Waals surface area contributed by atoms with E-state index in [0.29, 0.717) is 22.6 Å². The quantitative estimate of drug-likeness (QED) is 0.875. The van der Waals surface area contributed by atoms with Crippen molar-refractivity contribution >= 4 is 17.5 Å². The van der Waals surface area contributed by atoms with Crippen molar-refractivity contribution in [1.29, 1.82) is 0 Å². The molecule has 2 amide bonds. The van der Waals surface area contributed by atoms with E-state index < -0.39 is 0 Å². The summed E-state index contributed by atoms with van der Waals surface area (Å²) in [6.07, 6.45) is 4.38. The zero-order chi connectivity index (χ0) is 17.6. The summed E-state index contributed by atoms with van der Waals surface area (Å²) in [4.78, 5) is 24.8. The van der Waals surface area contributed by atoms with Crippen molar-refractivity contribution in [3.05, 3.63) is 59.7 Å². The first-order chi connectivity index (χ1) is 12.2. The molecule has 0 aliphatic heterocycles. The van der Waals surface area contributed by atoms with Gasteiger partial charge in [-0.05, 0) is 43.2 Å². The smallest absolute Gasteiger partial charge is 0.255 e. The molecule has 2 N–H and O–H groups in total. The van der Waals surface area contributed by atoms with E-state index in [2.05, 4.69) is 10.6 Å². The predicted octanol–water partition coefficient (Wildman–Crippen LogP) is 3.62. The molecule has 5 heteroatoms. The summed E-state index contributed by atoms with van der Waals surface area (Å²) in [7, 11) is 1.58. The van der Waals surface area contributed by atoms with Gasteiger partial charge in [-0.3, -0.25) is 9.59 Å². The van der Waals surface area contributed by atoms with Crippen molar-refractivity contribution in [2.24, 2.45) is 0 Å². The van der Waals surface area contributed by atoms with Crippen LogP contribution in [0.5, 0.6) is 5.75 Å². The van der Waals surface area contributed by atoms with Crippen LogP contribution in [0.2, 0.25) is 0 Å². The summed E-state index contributed by atoms with van der Waals surface area (Å²) in [6.45, 7) is 0. The van der Waals surface area contributed by atoms with Gasteiger partial charge in [0.1, 0.15) is 5.75 Å². The van der Waals surface area contributed by atoms with Gasteiger partial charge in [0, 0.05) is 28.9 Å². The molecule has 0 bridgehead atoms. The molecule has 3 rings (SSSR count). The van der Waals surface area contributed by atoms with Crippen molar-refractivity contribution in [2.75, 3.05) is 12.4 Å². The minimum atomic E-state index is -0.260. The van der Waals surface area contributed by atoms with Crippen LogP contribution in [0.4, 0.5) is 5.69 Å². The Bertz CT molecular complexity index is 767. The van der Waals surface area contributed by atoms with E-state index in [1.165, 1.54) is 0 Å². The number of carbonyl (C=O) groups is 2. The van der Waals surface area contributed by atoms with Crippen LogP contribution < -0.4 is 15.4 Å². The third kappa shape index (κ3) is 4.38. The number of carbonyl (C=O) groups excluding carboxylic acids is 2. The lowest BCUT2D eigenvalue weighted by Crippen LogP contribution is -2.32. The summed E-state index contributed by atoms with van der Waals surface area (Å²) < 4.78 is 5.15. The molecule has 2 aromatic carbocycles. The molecule has 0 spiro atoms.